The topological polar surface area (TPSA) is 54.0 Å². The lowest BCUT2D eigenvalue weighted by molar-refractivity contribution is 0.256. The number of likely N-dealkylation sites (N-methyl/N-ethyl adjacent to an activating group) is 1. The van der Waals surface area contributed by atoms with Crippen LogP contribution in [0.5, 0.6) is 11.5 Å². The fourth-order valence-electron chi connectivity index (χ4n) is 2.86. The molecular formula is C18H20ClN3O3. The summed E-state index contributed by atoms with van der Waals surface area (Å²) in [6, 6.07) is 10.9. The van der Waals surface area contributed by atoms with Gasteiger partial charge in [-0.1, -0.05) is 23.7 Å². The highest BCUT2D eigenvalue weighted by atomic mass is 35.5. The molecule has 0 bridgehead atoms. The van der Waals surface area contributed by atoms with E-state index in [1.807, 2.05) is 31.3 Å². The largest absolute Gasteiger partial charge is 0.495 e. The number of halogens is 1. The van der Waals surface area contributed by atoms with Crippen LogP contribution < -0.4 is 24.6 Å². The summed E-state index contributed by atoms with van der Waals surface area (Å²) in [6.45, 7) is 1.34. The molecule has 25 heavy (non-hydrogen) atoms. The van der Waals surface area contributed by atoms with E-state index < -0.39 is 0 Å². The number of rotatable bonds is 3. The first-order chi connectivity index (χ1) is 12.0. The van der Waals surface area contributed by atoms with Gasteiger partial charge in [-0.05, 0) is 18.2 Å². The second-order valence-electron chi connectivity index (χ2n) is 5.68. The number of hydrogen-bond donors (Lipinski definition) is 1. The quantitative estimate of drug-likeness (QED) is 0.902. The zero-order valence-electron chi connectivity index (χ0n) is 14.4. The summed E-state index contributed by atoms with van der Waals surface area (Å²) in [6.07, 6.45) is 0. The van der Waals surface area contributed by atoms with Gasteiger partial charge in [0.2, 0.25) is 0 Å². The third-order valence-electron chi connectivity index (χ3n) is 4.20. The minimum Gasteiger partial charge on any atom is -0.495 e. The lowest BCUT2D eigenvalue weighted by Gasteiger charge is -2.35. The molecule has 1 aliphatic rings. The molecule has 0 radical (unpaired) electrons. The van der Waals surface area contributed by atoms with Crippen molar-refractivity contribution in [2.75, 3.05) is 49.5 Å². The van der Waals surface area contributed by atoms with Gasteiger partial charge < -0.3 is 19.7 Å². The van der Waals surface area contributed by atoms with Gasteiger partial charge in [-0.3, -0.25) is 4.90 Å². The predicted molar refractivity (Wildman–Crippen MR) is 101 cm³/mol. The van der Waals surface area contributed by atoms with E-state index >= 15 is 0 Å². The van der Waals surface area contributed by atoms with Gasteiger partial charge >= 0.3 is 6.03 Å². The van der Waals surface area contributed by atoms with Gasteiger partial charge in [0.25, 0.3) is 0 Å². The van der Waals surface area contributed by atoms with Gasteiger partial charge in [0.15, 0.2) is 0 Å². The third kappa shape index (κ3) is 3.30. The molecule has 2 aromatic rings. The molecule has 0 aliphatic carbocycles. The highest BCUT2D eigenvalue weighted by Crippen LogP contribution is 2.37. The molecule has 1 aliphatic heterocycles. The van der Waals surface area contributed by atoms with Crippen LogP contribution in [0.1, 0.15) is 0 Å². The third-order valence-corrected chi connectivity index (χ3v) is 4.50. The molecule has 0 spiro atoms. The van der Waals surface area contributed by atoms with Crippen molar-refractivity contribution >= 4 is 34.7 Å². The second-order valence-corrected chi connectivity index (χ2v) is 6.09. The van der Waals surface area contributed by atoms with Gasteiger partial charge in [0.1, 0.15) is 11.5 Å². The van der Waals surface area contributed by atoms with E-state index in [0.29, 0.717) is 28.8 Å². The normalized spacial score (nSPS) is 13.3. The van der Waals surface area contributed by atoms with E-state index in [0.717, 1.165) is 17.9 Å². The monoisotopic (exact) mass is 361 g/mol. The fourth-order valence-corrected chi connectivity index (χ4v) is 3.10. The molecule has 1 heterocycles. The number of amides is 2. The number of anilines is 3. The number of ether oxygens (including phenoxy) is 2. The van der Waals surface area contributed by atoms with Crippen molar-refractivity contribution in [2.24, 2.45) is 0 Å². The van der Waals surface area contributed by atoms with E-state index in [-0.39, 0.29) is 6.03 Å². The molecule has 2 amide bonds. The zero-order chi connectivity index (χ0) is 18.0. The number of benzene rings is 2. The van der Waals surface area contributed by atoms with Gasteiger partial charge in [0.05, 0.1) is 36.3 Å². The Morgan fingerprint density at radius 1 is 1.08 bits per heavy atom. The summed E-state index contributed by atoms with van der Waals surface area (Å²) in [7, 11) is 5.07. The summed E-state index contributed by atoms with van der Waals surface area (Å²) in [5, 5.41) is 3.28. The Morgan fingerprint density at radius 3 is 2.44 bits per heavy atom. The zero-order valence-corrected chi connectivity index (χ0v) is 15.1. The van der Waals surface area contributed by atoms with Crippen molar-refractivity contribution in [2.45, 2.75) is 0 Å². The fraction of sp³-hybridized carbons (Fsp3) is 0.278. The molecule has 1 N–H and O–H groups in total. The van der Waals surface area contributed by atoms with Crippen molar-refractivity contribution in [3.63, 3.8) is 0 Å². The van der Waals surface area contributed by atoms with E-state index in [9.17, 15) is 4.79 Å². The summed E-state index contributed by atoms with van der Waals surface area (Å²) < 4.78 is 10.5. The predicted octanol–water partition coefficient (Wildman–Crippen LogP) is 3.85. The number of carbonyl (C=O) groups is 1. The van der Waals surface area contributed by atoms with E-state index in [1.54, 1.807) is 17.0 Å². The average Bonchev–Trinajstić information content (AvgIpc) is 2.62. The molecule has 0 unspecified atom stereocenters. The minimum absolute atomic E-state index is 0.236. The van der Waals surface area contributed by atoms with Gasteiger partial charge in [-0.2, -0.15) is 0 Å². The first-order valence-corrected chi connectivity index (χ1v) is 8.23. The average molecular weight is 362 g/mol. The smallest absolute Gasteiger partial charge is 0.326 e. The Bertz CT molecular complexity index is 797. The number of carbonyl (C=O) groups excluding carboxylic acids is 1. The maximum Gasteiger partial charge on any atom is 0.326 e. The number of nitrogens with zero attached hydrogens (tertiary/aromatic N) is 2. The van der Waals surface area contributed by atoms with Gasteiger partial charge in [0, 0.05) is 26.2 Å². The lowest BCUT2D eigenvalue weighted by Crippen LogP contribution is -2.44. The molecule has 132 valence electrons. The highest BCUT2D eigenvalue weighted by molar-refractivity contribution is 6.32. The molecule has 2 aromatic carbocycles. The van der Waals surface area contributed by atoms with Crippen LogP contribution in [0.3, 0.4) is 0 Å². The molecule has 7 heteroatoms. The van der Waals surface area contributed by atoms with Crippen molar-refractivity contribution in [3.8, 4) is 11.5 Å². The summed E-state index contributed by atoms with van der Waals surface area (Å²) >= 11 is 6.18. The van der Waals surface area contributed by atoms with Gasteiger partial charge in [-0.25, -0.2) is 4.79 Å². The number of para-hydroxylation sites is 2. The van der Waals surface area contributed by atoms with Crippen LogP contribution in [-0.4, -0.2) is 40.4 Å². The van der Waals surface area contributed by atoms with Crippen molar-refractivity contribution in [1.82, 2.24) is 0 Å². The SMILES string of the molecule is COc1cc(OC)c(NC(=O)N2CCN(C)c3ccccc32)cc1Cl. The molecule has 0 atom stereocenters. The van der Waals surface area contributed by atoms with Crippen molar-refractivity contribution < 1.29 is 14.3 Å². The number of methoxy groups -OCH3 is 2. The molecule has 0 aromatic heterocycles. The van der Waals surface area contributed by atoms with Crippen LogP contribution in [0.2, 0.25) is 5.02 Å². The molecule has 0 saturated heterocycles. The van der Waals surface area contributed by atoms with E-state index in [2.05, 4.69) is 10.2 Å². The van der Waals surface area contributed by atoms with Gasteiger partial charge in [-0.15, -0.1) is 0 Å². The van der Waals surface area contributed by atoms with Crippen LogP contribution >= 0.6 is 11.6 Å². The van der Waals surface area contributed by atoms with Crippen LogP contribution in [-0.2, 0) is 0 Å². The maximum absolute atomic E-state index is 12.8. The Balaban J connectivity index is 1.89. The van der Waals surface area contributed by atoms with Crippen molar-refractivity contribution in [1.29, 1.82) is 0 Å². The lowest BCUT2D eigenvalue weighted by atomic mass is 10.2. The van der Waals surface area contributed by atoms with E-state index in [4.69, 9.17) is 21.1 Å². The standard InChI is InChI=1S/C18H20ClN3O3/c1-21-8-9-22(15-7-5-4-6-14(15)21)18(23)20-13-10-12(19)16(24-2)11-17(13)25-3/h4-7,10-11H,8-9H2,1-3H3,(H,20,23). The maximum atomic E-state index is 12.8. The molecular weight excluding hydrogens is 342 g/mol. The summed E-state index contributed by atoms with van der Waals surface area (Å²) in [5.41, 5.74) is 2.38. The summed E-state index contributed by atoms with van der Waals surface area (Å²) in [5.74, 6) is 0.971. The van der Waals surface area contributed by atoms with Crippen molar-refractivity contribution in [3.05, 3.63) is 41.4 Å². The first kappa shape index (κ1) is 17.2. The molecule has 6 nitrogen and oxygen atoms in total. The molecule has 3 rings (SSSR count). The number of nitrogens with one attached hydrogen (secondary N) is 1. The first-order valence-electron chi connectivity index (χ1n) is 7.85. The summed E-state index contributed by atoms with van der Waals surface area (Å²) in [4.78, 5) is 16.7. The van der Waals surface area contributed by atoms with Crippen LogP contribution in [0.25, 0.3) is 0 Å². The Morgan fingerprint density at radius 2 is 1.76 bits per heavy atom. The Hall–Kier alpha value is -2.60. The number of urea groups is 1. The number of hydrogen-bond acceptors (Lipinski definition) is 4. The molecule has 0 saturated carbocycles. The second kappa shape index (κ2) is 7.11. The van der Waals surface area contributed by atoms with Crippen LogP contribution in [0.4, 0.5) is 21.9 Å². The highest BCUT2D eigenvalue weighted by Gasteiger charge is 2.25. The van der Waals surface area contributed by atoms with E-state index in [1.165, 1.54) is 14.2 Å². The number of fused-ring (bicyclic) bond motifs is 1. The minimum atomic E-state index is -0.236. The Labute approximate surface area is 151 Å². The van der Waals surface area contributed by atoms with Crippen LogP contribution in [0, 0.1) is 0 Å². The van der Waals surface area contributed by atoms with Crippen LogP contribution in [0.15, 0.2) is 36.4 Å². The Kier molecular flexibility index (Phi) is 4.90. The molecule has 0 fully saturated rings.